The molecule has 0 aromatic rings. The Balaban J connectivity index is 2.81. The summed E-state index contributed by atoms with van der Waals surface area (Å²) in [5.41, 5.74) is 0. The first kappa shape index (κ1) is 5.70. The Kier molecular flexibility index (Phi) is 1.41. The lowest BCUT2D eigenvalue weighted by atomic mass is 10.2. The van der Waals surface area contributed by atoms with Gasteiger partial charge in [-0.25, -0.2) is 0 Å². The second kappa shape index (κ2) is 2.23. The predicted octanol–water partition coefficient (Wildman–Crippen LogP) is 0.0883. The van der Waals surface area contributed by atoms with Gasteiger partial charge in [-0.2, -0.15) is 5.26 Å². The summed E-state index contributed by atoms with van der Waals surface area (Å²) in [5.74, 6) is -0.236. The van der Waals surface area contributed by atoms with Gasteiger partial charge in [0, 0.05) is 6.21 Å². The molecule has 1 aliphatic heterocycles. The molecule has 3 heteroatoms. The molecule has 1 aliphatic rings. The molecule has 0 fully saturated rings. The fourth-order valence-electron chi connectivity index (χ4n) is 0.535. The number of allylic oxidation sites excluding steroid dienone is 1. The predicted molar refractivity (Wildman–Crippen MR) is 32.0 cm³/mol. The first-order chi connectivity index (χ1) is 4.34. The number of rotatable bonds is 0. The van der Waals surface area contributed by atoms with Crippen LogP contribution in [0.4, 0.5) is 0 Å². The van der Waals surface area contributed by atoms with Crippen LogP contribution in [0.25, 0.3) is 0 Å². The number of carbonyl (C=O) groups is 1. The van der Waals surface area contributed by atoms with Crippen molar-refractivity contribution in [1.29, 1.82) is 5.26 Å². The van der Waals surface area contributed by atoms with Gasteiger partial charge in [-0.05, 0) is 12.2 Å². The Labute approximate surface area is 52.3 Å². The van der Waals surface area contributed by atoms with E-state index in [0.717, 1.165) is 0 Å². The van der Waals surface area contributed by atoms with Crippen molar-refractivity contribution in [1.82, 2.24) is 0 Å². The van der Waals surface area contributed by atoms with Crippen LogP contribution in [0.15, 0.2) is 17.1 Å². The lowest BCUT2D eigenvalue weighted by molar-refractivity contribution is -0.114. The van der Waals surface area contributed by atoms with Crippen molar-refractivity contribution < 1.29 is 4.79 Å². The highest BCUT2D eigenvalue weighted by Gasteiger charge is 2.13. The maximum absolute atomic E-state index is 10.6. The van der Waals surface area contributed by atoms with Gasteiger partial charge >= 0.3 is 0 Å². The van der Waals surface area contributed by atoms with E-state index in [-0.39, 0.29) is 5.78 Å². The summed E-state index contributed by atoms with van der Waals surface area (Å²) in [6, 6.07) is 0.959. The molecule has 1 rings (SSSR count). The SMILES string of the molecule is N#CC1N=CC=CC1=O. The average Bonchev–Trinajstić information content (AvgIpc) is 1.89. The standard InChI is InChI=1S/C6H4N2O/c7-4-5-6(9)2-1-3-8-5/h1-3,5H. The Bertz CT molecular complexity index is 222. The largest absolute Gasteiger partial charge is 0.291 e. The third kappa shape index (κ3) is 1.03. The third-order valence-electron chi connectivity index (χ3n) is 0.973. The maximum atomic E-state index is 10.6. The minimum Gasteiger partial charge on any atom is -0.291 e. The highest BCUT2D eigenvalue weighted by Crippen LogP contribution is 1.96. The molecule has 9 heavy (non-hydrogen) atoms. The van der Waals surface area contributed by atoms with Gasteiger partial charge in [-0.1, -0.05) is 0 Å². The van der Waals surface area contributed by atoms with Crippen LogP contribution in [0.1, 0.15) is 0 Å². The molecular formula is C6H4N2O. The summed E-state index contributed by atoms with van der Waals surface area (Å²) in [6.45, 7) is 0. The average molecular weight is 120 g/mol. The van der Waals surface area contributed by atoms with E-state index < -0.39 is 6.04 Å². The Morgan fingerprint density at radius 1 is 1.78 bits per heavy atom. The highest BCUT2D eigenvalue weighted by molar-refractivity contribution is 6.02. The fraction of sp³-hybridized carbons (Fsp3) is 0.167. The van der Waals surface area contributed by atoms with Crippen LogP contribution in [-0.4, -0.2) is 18.0 Å². The van der Waals surface area contributed by atoms with Crippen LogP contribution in [0, 0.1) is 11.3 Å². The Hall–Kier alpha value is -1.43. The lowest BCUT2D eigenvalue weighted by Gasteiger charge is -1.98. The van der Waals surface area contributed by atoms with Gasteiger partial charge in [0.15, 0.2) is 11.8 Å². The molecule has 0 aliphatic carbocycles. The van der Waals surface area contributed by atoms with E-state index in [0.29, 0.717) is 0 Å². The molecule has 0 aromatic heterocycles. The first-order valence-corrected chi connectivity index (χ1v) is 2.48. The van der Waals surface area contributed by atoms with E-state index in [1.165, 1.54) is 18.4 Å². The normalized spacial score (nSPS) is 23.9. The van der Waals surface area contributed by atoms with Crippen molar-refractivity contribution >= 4 is 12.0 Å². The van der Waals surface area contributed by atoms with Gasteiger partial charge < -0.3 is 0 Å². The molecule has 0 bridgehead atoms. The van der Waals surface area contributed by atoms with Crippen LogP contribution >= 0.6 is 0 Å². The quantitative estimate of drug-likeness (QED) is 0.454. The van der Waals surface area contributed by atoms with Crippen LogP contribution in [0.5, 0.6) is 0 Å². The van der Waals surface area contributed by atoms with Crippen LogP contribution < -0.4 is 0 Å². The second-order valence-corrected chi connectivity index (χ2v) is 1.59. The van der Waals surface area contributed by atoms with Gasteiger partial charge in [0.2, 0.25) is 0 Å². The zero-order chi connectivity index (χ0) is 6.69. The molecule has 0 saturated heterocycles. The number of dihydropyridines is 1. The van der Waals surface area contributed by atoms with E-state index in [4.69, 9.17) is 5.26 Å². The van der Waals surface area contributed by atoms with Crippen LogP contribution in [-0.2, 0) is 4.79 Å². The number of nitrogens with zero attached hydrogens (tertiary/aromatic N) is 2. The number of ketones is 1. The van der Waals surface area contributed by atoms with Crippen LogP contribution in [0.3, 0.4) is 0 Å². The van der Waals surface area contributed by atoms with Gasteiger partial charge in [-0.3, -0.25) is 9.79 Å². The van der Waals surface area contributed by atoms with E-state index in [1.807, 2.05) is 0 Å². The van der Waals surface area contributed by atoms with Gasteiger partial charge in [-0.15, -0.1) is 0 Å². The minimum absolute atomic E-state index is 0.236. The molecule has 44 valence electrons. The Morgan fingerprint density at radius 2 is 2.56 bits per heavy atom. The summed E-state index contributed by atoms with van der Waals surface area (Å²) >= 11 is 0. The second-order valence-electron chi connectivity index (χ2n) is 1.59. The lowest BCUT2D eigenvalue weighted by Crippen LogP contribution is -2.16. The third-order valence-corrected chi connectivity index (χ3v) is 0.973. The molecule has 1 unspecified atom stereocenters. The van der Waals surface area contributed by atoms with Crippen molar-refractivity contribution in [3.05, 3.63) is 12.2 Å². The van der Waals surface area contributed by atoms with Crippen molar-refractivity contribution in [2.45, 2.75) is 6.04 Å². The van der Waals surface area contributed by atoms with Gasteiger partial charge in [0.25, 0.3) is 0 Å². The minimum atomic E-state index is -0.796. The monoisotopic (exact) mass is 120 g/mol. The van der Waals surface area contributed by atoms with Crippen molar-refractivity contribution in [2.24, 2.45) is 4.99 Å². The molecule has 1 atom stereocenters. The zero-order valence-corrected chi connectivity index (χ0v) is 4.61. The summed E-state index contributed by atoms with van der Waals surface area (Å²) < 4.78 is 0. The number of hydrogen-bond acceptors (Lipinski definition) is 3. The number of hydrogen-bond donors (Lipinski definition) is 0. The van der Waals surface area contributed by atoms with Crippen molar-refractivity contribution in [2.75, 3.05) is 0 Å². The molecule has 0 N–H and O–H groups in total. The molecular weight excluding hydrogens is 116 g/mol. The molecule has 0 saturated carbocycles. The van der Waals surface area contributed by atoms with E-state index in [9.17, 15) is 4.79 Å². The highest BCUT2D eigenvalue weighted by atomic mass is 16.1. The zero-order valence-electron chi connectivity index (χ0n) is 4.61. The first-order valence-electron chi connectivity index (χ1n) is 2.48. The smallest absolute Gasteiger partial charge is 0.198 e. The molecule has 1 heterocycles. The molecule has 0 radical (unpaired) electrons. The van der Waals surface area contributed by atoms with E-state index in [2.05, 4.69) is 4.99 Å². The van der Waals surface area contributed by atoms with Gasteiger partial charge in [0.1, 0.15) is 0 Å². The van der Waals surface area contributed by atoms with E-state index >= 15 is 0 Å². The van der Waals surface area contributed by atoms with Crippen molar-refractivity contribution in [3.8, 4) is 6.07 Å². The van der Waals surface area contributed by atoms with E-state index in [1.54, 1.807) is 6.07 Å². The topological polar surface area (TPSA) is 53.2 Å². The van der Waals surface area contributed by atoms with Crippen molar-refractivity contribution in [3.63, 3.8) is 0 Å². The summed E-state index contributed by atoms with van der Waals surface area (Å²) in [6.07, 6.45) is 4.33. The van der Waals surface area contributed by atoms with Gasteiger partial charge in [0.05, 0.1) is 6.07 Å². The number of nitriles is 1. The molecule has 0 amide bonds. The summed E-state index contributed by atoms with van der Waals surface area (Å²) in [4.78, 5) is 14.2. The maximum Gasteiger partial charge on any atom is 0.198 e. The molecule has 3 nitrogen and oxygen atoms in total. The number of aliphatic imine (C=N–C) groups is 1. The summed E-state index contributed by atoms with van der Waals surface area (Å²) in [5, 5.41) is 8.24. The fourth-order valence-corrected chi connectivity index (χ4v) is 0.535. The van der Waals surface area contributed by atoms with Crippen LogP contribution in [0.2, 0.25) is 0 Å². The number of carbonyl (C=O) groups excluding carboxylic acids is 1. The molecule has 0 aromatic carbocycles. The Morgan fingerprint density at radius 3 is 3.00 bits per heavy atom. The summed E-state index contributed by atoms with van der Waals surface area (Å²) in [7, 11) is 0. The molecule has 0 spiro atoms.